The van der Waals surface area contributed by atoms with Crippen LogP contribution in [-0.2, 0) is 9.47 Å². The number of aromatic amines is 1. The van der Waals surface area contributed by atoms with Crippen LogP contribution in [0.15, 0.2) is 21.9 Å². The number of nitrogens with one attached hydrogen (secondary N) is 1. The van der Waals surface area contributed by atoms with E-state index in [2.05, 4.69) is 11.9 Å². The van der Waals surface area contributed by atoms with E-state index < -0.39 is 35.8 Å². The summed E-state index contributed by atoms with van der Waals surface area (Å²) >= 11 is 0. The fourth-order valence-corrected chi connectivity index (χ4v) is 4.27. The van der Waals surface area contributed by atoms with Crippen molar-refractivity contribution in [3.8, 4) is 0 Å². The van der Waals surface area contributed by atoms with Crippen molar-refractivity contribution in [1.82, 2.24) is 9.55 Å². The van der Waals surface area contributed by atoms with E-state index in [0.29, 0.717) is 6.61 Å². The second kappa shape index (κ2) is 15.4. The lowest BCUT2D eigenvalue weighted by atomic mass is 10.0. The molecule has 2 heterocycles. The molecule has 0 aromatic carbocycles. The Balaban J connectivity index is 1.58. The molecular formula is C25H44N2O5. The van der Waals surface area contributed by atoms with Crippen LogP contribution in [0, 0.1) is 0 Å². The Morgan fingerprint density at radius 3 is 2.09 bits per heavy atom. The zero-order valence-corrected chi connectivity index (χ0v) is 19.8. The van der Waals surface area contributed by atoms with E-state index in [1.165, 1.54) is 93.9 Å². The molecule has 4 atom stereocenters. The molecule has 1 aromatic rings. The molecule has 0 bridgehead atoms. The van der Waals surface area contributed by atoms with Crippen LogP contribution in [0.3, 0.4) is 0 Å². The number of nitrogens with zero attached hydrogens (tertiary/aromatic N) is 1. The third-order valence-electron chi connectivity index (χ3n) is 6.25. The van der Waals surface area contributed by atoms with Crippen LogP contribution in [0.25, 0.3) is 0 Å². The van der Waals surface area contributed by atoms with Gasteiger partial charge in [-0.1, -0.05) is 90.4 Å². The smallest absolute Gasteiger partial charge is 0.330 e. The zero-order chi connectivity index (χ0) is 23.9. The first-order valence-corrected chi connectivity index (χ1v) is 12.6. The quantitative estimate of drug-likeness (QED) is 0.334. The van der Waals surface area contributed by atoms with Gasteiger partial charge in [0, 0.05) is 20.2 Å². The maximum atomic E-state index is 12.1. The minimum absolute atomic E-state index is 0.130. The van der Waals surface area contributed by atoms with Crippen molar-refractivity contribution in [2.24, 2.45) is 0 Å². The number of hydrogen-bond donors (Lipinski definition) is 2. The minimum atomic E-state index is -0.988. The predicted molar refractivity (Wildman–Crippen MR) is 127 cm³/mol. The van der Waals surface area contributed by atoms with Gasteiger partial charge >= 0.3 is 5.69 Å². The first-order valence-electron chi connectivity index (χ1n) is 13.3. The summed E-state index contributed by atoms with van der Waals surface area (Å²) in [5, 5.41) is 10.5. The molecule has 1 aromatic heterocycles. The van der Waals surface area contributed by atoms with Crippen LogP contribution in [0.1, 0.15) is 111 Å². The Bertz CT molecular complexity index is 753. The molecular weight excluding hydrogens is 408 g/mol. The van der Waals surface area contributed by atoms with Gasteiger partial charge in [0.05, 0.1) is 6.10 Å². The second-order valence-corrected chi connectivity index (χ2v) is 9.00. The van der Waals surface area contributed by atoms with Crippen molar-refractivity contribution in [1.29, 1.82) is 0 Å². The number of rotatable bonds is 17. The highest BCUT2D eigenvalue weighted by Crippen LogP contribution is 2.30. The molecule has 2 rings (SSSR count). The monoisotopic (exact) mass is 453 g/mol. The highest BCUT2D eigenvalue weighted by atomic mass is 16.6. The predicted octanol–water partition coefficient (Wildman–Crippen LogP) is 4.68. The van der Waals surface area contributed by atoms with Crippen LogP contribution in [0.4, 0.5) is 0 Å². The maximum Gasteiger partial charge on any atom is 0.330 e. The van der Waals surface area contributed by atoms with Crippen molar-refractivity contribution in [2.45, 2.75) is 128 Å². The molecule has 7 heteroatoms. The van der Waals surface area contributed by atoms with E-state index in [0.717, 1.165) is 12.8 Å². The highest BCUT2D eigenvalue weighted by molar-refractivity contribution is 4.92. The van der Waals surface area contributed by atoms with Crippen molar-refractivity contribution in [3.05, 3.63) is 33.1 Å². The number of aliphatic hydroxyl groups excluding tert-OH is 1. The number of H-pyrrole nitrogens is 1. The summed E-state index contributed by atoms with van der Waals surface area (Å²) in [4.78, 5) is 25.7. The summed E-state index contributed by atoms with van der Waals surface area (Å²) in [6.07, 6.45) is 15.9. The van der Waals surface area contributed by atoms with E-state index in [4.69, 9.17) is 10.8 Å². The van der Waals surface area contributed by atoms with Crippen LogP contribution in [0.5, 0.6) is 0 Å². The van der Waals surface area contributed by atoms with Gasteiger partial charge in [-0.25, -0.2) is 4.79 Å². The lowest BCUT2D eigenvalue weighted by molar-refractivity contribution is -0.0703. The molecule has 1 fully saturated rings. The summed E-state index contributed by atoms with van der Waals surface area (Å²) in [6, 6.07) is 1.23. The topological polar surface area (TPSA) is 93.6 Å². The van der Waals surface area contributed by atoms with Crippen molar-refractivity contribution >= 4 is 0 Å². The standard InChI is InChI=1S/C25H44N2O5/c1-3-4-5-6-7-8-9-10-11-12-13-14-15-16-19-31-23-22(29)20(2)32-24(23)27-18-17-21(28)26-25(27)30/h17-18,20,22-24,29H,3-16,19H2,1-2H3,(H,26,28,30)/t20-,22-,23-,24-/m1/s1/i2D. The van der Waals surface area contributed by atoms with Crippen LogP contribution < -0.4 is 11.2 Å². The molecule has 1 aliphatic rings. The van der Waals surface area contributed by atoms with E-state index >= 15 is 0 Å². The number of aromatic nitrogens is 2. The summed E-state index contributed by atoms with van der Waals surface area (Å²) in [6.45, 7) is 2.59. The summed E-state index contributed by atoms with van der Waals surface area (Å²) < 4.78 is 20.4. The molecule has 0 amide bonds. The van der Waals surface area contributed by atoms with Crippen LogP contribution in [0.2, 0.25) is 0 Å². The van der Waals surface area contributed by atoms with Gasteiger partial charge < -0.3 is 14.6 Å². The molecule has 0 radical (unpaired) electrons. The Labute approximate surface area is 193 Å². The van der Waals surface area contributed by atoms with Crippen LogP contribution in [-0.4, -0.2) is 39.6 Å². The first kappa shape index (κ1) is 25.2. The Morgan fingerprint density at radius 2 is 1.56 bits per heavy atom. The maximum absolute atomic E-state index is 12.1. The molecule has 0 saturated carbocycles. The van der Waals surface area contributed by atoms with Gasteiger partial charge in [0.25, 0.3) is 5.56 Å². The van der Waals surface area contributed by atoms with E-state index in [1.54, 1.807) is 0 Å². The third-order valence-corrected chi connectivity index (χ3v) is 6.25. The van der Waals surface area contributed by atoms with Gasteiger partial charge in [0.15, 0.2) is 6.23 Å². The molecule has 32 heavy (non-hydrogen) atoms. The fraction of sp³-hybridized carbons (Fsp3) is 0.840. The summed E-state index contributed by atoms with van der Waals surface area (Å²) in [5.41, 5.74) is -1.11. The van der Waals surface area contributed by atoms with E-state index in [-0.39, 0.29) is 6.90 Å². The molecule has 0 aliphatic carbocycles. The second-order valence-electron chi connectivity index (χ2n) is 9.00. The first-order chi connectivity index (χ1) is 16.1. The number of unbranched alkanes of at least 4 members (excludes halogenated alkanes) is 13. The Morgan fingerprint density at radius 1 is 1.00 bits per heavy atom. The molecule has 1 aliphatic heterocycles. The minimum Gasteiger partial charge on any atom is -0.388 e. The Kier molecular flexibility index (Phi) is 12.1. The van der Waals surface area contributed by atoms with E-state index in [9.17, 15) is 14.7 Å². The van der Waals surface area contributed by atoms with Gasteiger partial charge in [0.2, 0.25) is 0 Å². The van der Waals surface area contributed by atoms with Gasteiger partial charge in [-0.15, -0.1) is 0 Å². The molecule has 0 unspecified atom stereocenters. The lowest BCUT2D eigenvalue weighted by Gasteiger charge is -2.22. The highest BCUT2D eigenvalue weighted by Gasteiger charge is 2.43. The third kappa shape index (κ3) is 9.20. The lowest BCUT2D eigenvalue weighted by Crippen LogP contribution is -2.39. The number of ether oxygens (including phenoxy) is 2. The van der Waals surface area contributed by atoms with Gasteiger partial charge in [-0.3, -0.25) is 14.3 Å². The van der Waals surface area contributed by atoms with Crippen molar-refractivity contribution in [3.63, 3.8) is 0 Å². The van der Waals surface area contributed by atoms with E-state index in [1.807, 2.05) is 0 Å². The number of aliphatic hydroxyl groups is 1. The average molecular weight is 454 g/mol. The molecule has 0 spiro atoms. The normalized spacial score (nSPS) is 23.5. The molecule has 184 valence electrons. The fourth-order valence-electron chi connectivity index (χ4n) is 4.27. The molecule has 7 nitrogen and oxygen atoms in total. The summed E-state index contributed by atoms with van der Waals surface area (Å²) in [7, 11) is 0. The van der Waals surface area contributed by atoms with Crippen LogP contribution >= 0.6 is 0 Å². The van der Waals surface area contributed by atoms with Gasteiger partial charge in [-0.05, 0) is 13.3 Å². The molecule has 1 saturated heterocycles. The van der Waals surface area contributed by atoms with Gasteiger partial charge in [0.1, 0.15) is 12.2 Å². The SMILES string of the molecule is [2H]C[C@H]1O[C@@H](n2ccc(=O)[nH]c2=O)[C@H](OCCCCCCCCCCCCCCCC)[C@@H]1O. The largest absolute Gasteiger partial charge is 0.388 e. The summed E-state index contributed by atoms with van der Waals surface area (Å²) in [5.74, 6) is 0. The average Bonchev–Trinajstić information content (AvgIpc) is 3.11. The van der Waals surface area contributed by atoms with Gasteiger partial charge in [-0.2, -0.15) is 0 Å². The van der Waals surface area contributed by atoms with Crippen molar-refractivity contribution < 1.29 is 16.0 Å². The zero-order valence-electron chi connectivity index (χ0n) is 20.8. The Hall–Kier alpha value is -1.44. The number of hydrogen-bond acceptors (Lipinski definition) is 5. The molecule has 2 N–H and O–H groups in total. The van der Waals surface area contributed by atoms with Crippen molar-refractivity contribution in [2.75, 3.05) is 6.61 Å².